The SMILES string of the molecule is Fc1ccc(-n2cncc2-c2nnc3n2CCOCC3)cc1. The summed E-state index contributed by atoms with van der Waals surface area (Å²) in [7, 11) is 0. The molecule has 0 fully saturated rings. The van der Waals surface area contributed by atoms with E-state index in [0.717, 1.165) is 29.5 Å². The Morgan fingerprint density at radius 1 is 1.09 bits per heavy atom. The number of ether oxygens (including phenoxy) is 1. The molecular weight excluding hydrogens is 285 g/mol. The number of nitrogens with zero attached hydrogens (tertiary/aromatic N) is 5. The van der Waals surface area contributed by atoms with Crippen molar-refractivity contribution in [2.24, 2.45) is 0 Å². The van der Waals surface area contributed by atoms with Gasteiger partial charge in [0, 0.05) is 18.7 Å². The predicted octanol–water partition coefficient (Wildman–Crippen LogP) is 1.84. The van der Waals surface area contributed by atoms with Gasteiger partial charge in [-0.2, -0.15) is 0 Å². The third-order valence-electron chi connectivity index (χ3n) is 3.73. The minimum atomic E-state index is -0.265. The van der Waals surface area contributed by atoms with E-state index in [9.17, 15) is 4.39 Å². The average Bonchev–Trinajstić information content (AvgIpc) is 3.09. The molecule has 112 valence electrons. The van der Waals surface area contributed by atoms with Crippen molar-refractivity contribution >= 4 is 0 Å². The number of hydrogen-bond donors (Lipinski definition) is 0. The van der Waals surface area contributed by atoms with Crippen molar-refractivity contribution in [2.75, 3.05) is 13.2 Å². The zero-order chi connectivity index (χ0) is 14.9. The van der Waals surface area contributed by atoms with Gasteiger partial charge in [0.2, 0.25) is 0 Å². The van der Waals surface area contributed by atoms with Gasteiger partial charge >= 0.3 is 0 Å². The number of fused-ring (bicyclic) bond motifs is 1. The molecule has 0 spiro atoms. The fourth-order valence-corrected chi connectivity index (χ4v) is 2.63. The molecule has 4 rings (SSSR count). The van der Waals surface area contributed by atoms with Crippen LogP contribution in [0.25, 0.3) is 17.2 Å². The van der Waals surface area contributed by atoms with Gasteiger partial charge in [0.1, 0.15) is 17.3 Å². The van der Waals surface area contributed by atoms with E-state index in [2.05, 4.69) is 19.7 Å². The maximum atomic E-state index is 13.1. The van der Waals surface area contributed by atoms with E-state index >= 15 is 0 Å². The Morgan fingerprint density at radius 3 is 2.82 bits per heavy atom. The summed E-state index contributed by atoms with van der Waals surface area (Å²) < 4.78 is 22.5. The van der Waals surface area contributed by atoms with Crippen LogP contribution in [0.5, 0.6) is 0 Å². The zero-order valence-electron chi connectivity index (χ0n) is 11.8. The Labute approximate surface area is 126 Å². The first-order valence-corrected chi connectivity index (χ1v) is 7.11. The van der Waals surface area contributed by atoms with Crippen molar-refractivity contribution < 1.29 is 9.13 Å². The van der Waals surface area contributed by atoms with E-state index in [1.807, 2.05) is 4.57 Å². The molecule has 3 aromatic rings. The Bertz CT molecular complexity index is 793. The molecule has 0 aliphatic carbocycles. The molecule has 0 N–H and O–H groups in total. The molecule has 6 nitrogen and oxygen atoms in total. The minimum absolute atomic E-state index is 0.265. The standard InChI is InChI=1S/C15H14FN5O/c16-11-1-3-12(4-2-11)21-10-17-9-13(21)15-19-18-14-5-7-22-8-6-20(14)15/h1-4,9-10H,5-8H2. The molecule has 0 unspecified atom stereocenters. The molecule has 1 aliphatic rings. The van der Waals surface area contributed by atoms with Crippen LogP contribution in [0.3, 0.4) is 0 Å². The van der Waals surface area contributed by atoms with Crippen molar-refractivity contribution in [3.63, 3.8) is 0 Å². The van der Waals surface area contributed by atoms with E-state index in [1.165, 1.54) is 12.1 Å². The summed E-state index contributed by atoms with van der Waals surface area (Å²) in [5, 5.41) is 8.56. The van der Waals surface area contributed by atoms with E-state index < -0.39 is 0 Å². The number of aromatic nitrogens is 5. The van der Waals surface area contributed by atoms with Gasteiger partial charge in [-0.25, -0.2) is 9.37 Å². The van der Waals surface area contributed by atoms with E-state index in [4.69, 9.17) is 4.74 Å². The molecule has 0 atom stereocenters. The first-order chi connectivity index (χ1) is 10.8. The molecule has 7 heteroatoms. The van der Waals surface area contributed by atoms with Gasteiger partial charge in [-0.3, -0.25) is 4.57 Å². The normalized spacial score (nSPS) is 14.6. The molecular formula is C15H14FN5O. The van der Waals surface area contributed by atoms with Crippen LogP contribution in [-0.2, 0) is 17.7 Å². The van der Waals surface area contributed by atoms with E-state index in [1.54, 1.807) is 24.7 Å². The lowest BCUT2D eigenvalue weighted by Crippen LogP contribution is -2.07. The summed E-state index contributed by atoms with van der Waals surface area (Å²) in [6, 6.07) is 6.28. The summed E-state index contributed by atoms with van der Waals surface area (Å²) in [5.74, 6) is 1.40. The quantitative estimate of drug-likeness (QED) is 0.724. The van der Waals surface area contributed by atoms with Gasteiger partial charge in [0.25, 0.3) is 0 Å². The lowest BCUT2D eigenvalue weighted by Gasteiger charge is -2.09. The highest BCUT2D eigenvalue weighted by Gasteiger charge is 2.19. The van der Waals surface area contributed by atoms with Crippen molar-refractivity contribution in [2.45, 2.75) is 13.0 Å². The first-order valence-electron chi connectivity index (χ1n) is 7.11. The minimum Gasteiger partial charge on any atom is -0.379 e. The van der Waals surface area contributed by atoms with Gasteiger partial charge in [0.05, 0.1) is 25.7 Å². The number of imidazole rings is 1. The largest absolute Gasteiger partial charge is 0.379 e. The van der Waals surface area contributed by atoms with Crippen LogP contribution in [0.2, 0.25) is 0 Å². The van der Waals surface area contributed by atoms with Crippen LogP contribution >= 0.6 is 0 Å². The second-order valence-electron chi connectivity index (χ2n) is 5.08. The summed E-state index contributed by atoms with van der Waals surface area (Å²) in [6.07, 6.45) is 4.18. The third kappa shape index (κ3) is 2.19. The monoisotopic (exact) mass is 299 g/mol. The Kier molecular flexibility index (Phi) is 3.19. The lowest BCUT2D eigenvalue weighted by atomic mass is 10.3. The first kappa shape index (κ1) is 13.1. The lowest BCUT2D eigenvalue weighted by molar-refractivity contribution is 0.140. The fourth-order valence-electron chi connectivity index (χ4n) is 2.63. The second kappa shape index (κ2) is 5.34. The molecule has 0 saturated carbocycles. The molecule has 2 aromatic heterocycles. The Hall–Kier alpha value is -2.54. The third-order valence-corrected chi connectivity index (χ3v) is 3.73. The molecule has 3 heterocycles. The average molecular weight is 299 g/mol. The van der Waals surface area contributed by atoms with Crippen molar-refractivity contribution in [1.29, 1.82) is 0 Å². The summed E-state index contributed by atoms with van der Waals surface area (Å²) >= 11 is 0. The zero-order valence-corrected chi connectivity index (χ0v) is 11.8. The topological polar surface area (TPSA) is 57.8 Å². The van der Waals surface area contributed by atoms with Gasteiger partial charge in [0.15, 0.2) is 5.82 Å². The Balaban J connectivity index is 1.80. The van der Waals surface area contributed by atoms with Gasteiger partial charge in [-0.1, -0.05) is 0 Å². The highest BCUT2D eigenvalue weighted by Crippen LogP contribution is 2.23. The maximum absolute atomic E-state index is 13.1. The second-order valence-corrected chi connectivity index (χ2v) is 5.08. The van der Waals surface area contributed by atoms with E-state index in [-0.39, 0.29) is 5.82 Å². The van der Waals surface area contributed by atoms with Gasteiger partial charge < -0.3 is 9.30 Å². The highest BCUT2D eigenvalue weighted by molar-refractivity contribution is 5.54. The summed E-state index contributed by atoms with van der Waals surface area (Å²) in [6.45, 7) is 2.02. The van der Waals surface area contributed by atoms with Crippen LogP contribution in [0, 0.1) is 5.82 Å². The summed E-state index contributed by atoms with van der Waals surface area (Å²) in [5.41, 5.74) is 1.66. The van der Waals surface area contributed by atoms with Crippen molar-refractivity contribution in [3.8, 4) is 17.2 Å². The maximum Gasteiger partial charge on any atom is 0.182 e. The smallest absolute Gasteiger partial charge is 0.182 e. The molecule has 22 heavy (non-hydrogen) atoms. The molecule has 0 saturated heterocycles. The van der Waals surface area contributed by atoms with Crippen LogP contribution < -0.4 is 0 Å². The fraction of sp³-hybridized carbons (Fsp3) is 0.267. The molecule has 1 aromatic carbocycles. The van der Waals surface area contributed by atoms with Crippen LogP contribution in [0.4, 0.5) is 4.39 Å². The number of hydrogen-bond acceptors (Lipinski definition) is 4. The number of benzene rings is 1. The molecule has 0 amide bonds. The molecule has 0 radical (unpaired) electrons. The Morgan fingerprint density at radius 2 is 1.95 bits per heavy atom. The molecule has 0 bridgehead atoms. The van der Waals surface area contributed by atoms with Gasteiger partial charge in [-0.05, 0) is 24.3 Å². The number of halogens is 1. The van der Waals surface area contributed by atoms with Crippen LogP contribution in [0.15, 0.2) is 36.8 Å². The predicted molar refractivity (Wildman–Crippen MR) is 77.1 cm³/mol. The van der Waals surface area contributed by atoms with E-state index in [0.29, 0.717) is 19.8 Å². The highest BCUT2D eigenvalue weighted by atomic mass is 19.1. The van der Waals surface area contributed by atoms with Crippen molar-refractivity contribution in [1.82, 2.24) is 24.3 Å². The summed E-state index contributed by atoms with van der Waals surface area (Å²) in [4.78, 5) is 4.21. The number of rotatable bonds is 2. The van der Waals surface area contributed by atoms with Crippen LogP contribution in [0.1, 0.15) is 5.82 Å². The van der Waals surface area contributed by atoms with Crippen LogP contribution in [-0.4, -0.2) is 37.5 Å². The van der Waals surface area contributed by atoms with Gasteiger partial charge in [-0.15, -0.1) is 10.2 Å². The molecule has 1 aliphatic heterocycles. The van der Waals surface area contributed by atoms with Crippen molar-refractivity contribution in [3.05, 3.63) is 48.4 Å².